The van der Waals surface area contributed by atoms with Gasteiger partial charge in [-0.2, -0.15) is 0 Å². The molecule has 12 nitrogen and oxygen atoms in total. The molecule has 0 aliphatic carbocycles. The fourth-order valence-electron chi connectivity index (χ4n) is 8.84. The molecule has 0 radical (unpaired) electrons. The van der Waals surface area contributed by atoms with Crippen molar-refractivity contribution >= 4 is 55.8 Å². The standard InChI is InChI=1S/C26H27FN6.C21H19FIN5.C5H9N/c1-14-21(18-9-7-8-17-16(13-29-22(17)18)10-11-25(3,4)28)19(27)12-20-23(14)33-15(2)31-32-24(33)26(5,6)30-20;1-10-17(13-7-5-6-12-15(23)9-24-18(12)13)14(22)8-16-19(10)28-11(2)26-27-20(28)21(3,4)25-16;1-4-5(2,3)6/h7-9,12-13,29-30H,28H2,1-6H3;5-9,24-25H,1-4H3;1H,6H2,2-3H3. The van der Waals surface area contributed by atoms with Gasteiger partial charge in [0.2, 0.25) is 0 Å². The van der Waals surface area contributed by atoms with Gasteiger partial charge < -0.3 is 32.1 Å². The molecule has 0 fully saturated rings. The lowest BCUT2D eigenvalue weighted by molar-refractivity contribution is 0.532. The van der Waals surface area contributed by atoms with Crippen molar-refractivity contribution in [3.8, 4) is 57.8 Å². The Morgan fingerprint density at radius 2 is 1.10 bits per heavy atom. The Bertz CT molecular complexity index is 3390. The molecule has 4 aromatic heterocycles. The quantitative estimate of drug-likeness (QED) is 0.0735. The number of nitrogens with zero attached hydrogens (tertiary/aromatic N) is 6. The zero-order chi connectivity index (χ0) is 48.7. The van der Waals surface area contributed by atoms with Crippen LogP contribution in [-0.2, 0) is 11.1 Å². The van der Waals surface area contributed by atoms with Crippen molar-refractivity contribution in [3.63, 3.8) is 0 Å². The van der Waals surface area contributed by atoms with E-state index in [1.165, 1.54) is 0 Å². The van der Waals surface area contributed by atoms with E-state index in [9.17, 15) is 0 Å². The van der Waals surface area contributed by atoms with Gasteiger partial charge in [0.25, 0.3) is 0 Å². The van der Waals surface area contributed by atoms with E-state index in [4.69, 9.17) is 17.9 Å². The number of rotatable bonds is 2. The number of H-pyrrole nitrogens is 2. The van der Waals surface area contributed by atoms with Gasteiger partial charge in [-0.05, 0) is 129 Å². The minimum absolute atomic E-state index is 0.245. The van der Waals surface area contributed by atoms with Crippen molar-refractivity contribution in [1.29, 1.82) is 0 Å². The molecule has 0 saturated carbocycles. The molecule has 0 atom stereocenters. The maximum absolute atomic E-state index is 15.7. The molecule has 10 rings (SSSR count). The van der Waals surface area contributed by atoms with Gasteiger partial charge in [0.05, 0.1) is 55.9 Å². The van der Waals surface area contributed by atoms with Gasteiger partial charge in [-0.25, -0.2) is 8.78 Å². The average Bonchev–Trinajstić information content (AvgIpc) is 4.03. The van der Waals surface area contributed by atoms with Crippen LogP contribution in [0.25, 0.3) is 55.4 Å². The molecule has 344 valence electrons. The van der Waals surface area contributed by atoms with Gasteiger partial charge in [0.1, 0.15) is 23.3 Å². The predicted molar refractivity (Wildman–Crippen MR) is 274 cm³/mol. The topological polar surface area (TPSA) is 169 Å². The van der Waals surface area contributed by atoms with Gasteiger partial charge in [0, 0.05) is 54.6 Å². The number of aromatic amines is 2. The lowest BCUT2D eigenvalue weighted by atomic mass is 9.92. The first-order chi connectivity index (χ1) is 31.3. The number of benzene rings is 4. The molecular weight excluding hydrogens is 958 g/mol. The molecule has 0 unspecified atom stereocenters. The van der Waals surface area contributed by atoms with Gasteiger partial charge >= 0.3 is 0 Å². The average molecular weight is 1010 g/mol. The summed E-state index contributed by atoms with van der Waals surface area (Å²) in [6.45, 7) is 23.1. The number of halogens is 3. The van der Waals surface area contributed by atoms with Crippen LogP contribution in [0.4, 0.5) is 20.2 Å². The van der Waals surface area contributed by atoms with Gasteiger partial charge in [0.15, 0.2) is 11.6 Å². The third-order valence-electron chi connectivity index (χ3n) is 11.9. The second-order valence-electron chi connectivity index (χ2n) is 19.5. The summed E-state index contributed by atoms with van der Waals surface area (Å²) in [6.07, 6.45) is 8.73. The number of hydrogen-bond donors (Lipinski definition) is 6. The summed E-state index contributed by atoms with van der Waals surface area (Å²) < 4.78 is 36.3. The molecule has 67 heavy (non-hydrogen) atoms. The highest BCUT2D eigenvalue weighted by Gasteiger charge is 2.38. The molecule has 2 aliphatic rings. The second kappa shape index (κ2) is 16.7. The van der Waals surface area contributed by atoms with E-state index in [2.05, 4.69) is 87.4 Å². The number of terminal acetylenes is 1. The van der Waals surface area contributed by atoms with Crippen molar-refractivity contribution in [3.05, 3.63) is 116 Å². The summed E-state index contributed by atoms with van der Waals surface area (Å²) >= 11 is 2.29. The summed E-state index contributed by atoms with van der Waals surface area (Å²) in [4.78, 5) is 6.61. The summed E-state index contributed by atoms with van der Waals surface area (Å²) in [7, 11) is 0. The molecular formula is C52H55F2IN12. The number of fused-ring (bicyclic) bond motifs is 8. The maximum Gasteiger partial charge on any atom is 0.162 e. The van der Waals surface area contributed by atoms with Crippen LogP contribution >= 0.6 is 22.6 Å². The van der Waals surface area contributed by atoms with Crippen LogP contribution in [0, 0.1) is 67.1 Å². The van der Waals surface area contributed by atoms with Crippen LogP contribution < -0.4 is 22.1 Å². The Morgan fingerprint density at radius 1 is 0.672 bits per heavy atom. The van der Waals surface area contributed by atoms with Crippen molar-refractivity contribution in [2.45, 2.75) is 105 Å². The number of aryl methyl sites for hydroxylation is 2. The molecule has 0 amide bonds. The number of nitrogens with one attached hydrogen (secondary N) is 4. The highest BCUT2D eigenvalue weighted by atomic mass is 127. The van der Waals surface area contributed by atoms with Crippen molar-refractivity contribution in [2.75, 3.05) is 10.6 Å². The lowest BCUT2D eigenvalue weighted by Gasteiger charge is -2.35. The van der Waals surface area contributed by atoms with E-state index in [0.717, 1.165) is 99.2 Å². The number of nitrogens with two attached hydrogens (primary N) is 2. The number of hydrogen-bond acceptors (Lipinski definition) is 8. The summed E-state index contributed by atoms with van der Waals surface area (Å²) in [5.41, 5.74) is 19.7. The van der Waals surface area contributed by atoms with Crippen LogP contribution in [0.15, 0.2) is 60.9 Å². The fraction of sp³-hybridized carbons (Fsp3) is 0.308. The fourth-order valence-corrected chi connectivity index (χ4v) is 9.44. The van der Waals surface area contributed by atoms with E-state index < -0.39 is 22.2 Å². The Kier molecular flexibility index (Phi) is 11.7. The van der Waals surface area contributed by atoms with Gasteiger partial charge in [-0.3, -0.25) is 9.13 Å². The molecule has 8 N–H and O–H groups in total. The van der Waals surface area contributed by atoms with Gasteiger partial charge in [-0.15, -0.1) is 26.8 Å². The zero-order valence-corrected chi connectivity index (χ0v) is 42.0. The number of para-hydroxylation sites is 2. The highest BCUT2D eigenvalue weighted by Crippen LogP contribution is 2.46. The first-order valence-corrected chi connectivity index (χ1v) is 22.9. The minimum Gasteiger partial charge on any atom is -0.371 e. The largest absolute Gasteiger partial charge is 0.371 e. The van der Waals surface area contributed by atoms with E-state index in [0.29, 0.717) is 11.1 Å². The van der Waals surface area contributed by atoms with Crippen LogP contribution in [-0.4, -0.2) is 50.6 Å². The molecule has 0 bridgehead atoms. The molecule has 15 heteroatoms. The van der Waals surface area contributed by atoms with Crippen LogP contribution in [0.5, 0.6) is 0 Å². The van der Waals surface area contributed by atoms with Crippen LogP contribution in [0.1, 0.15) is 95.4 Å². The third-order valence-corrected chi connectivity index (χ3v) is 12.8. The second-order valence-corrected chi connectivity index (χ2v) is 20.6. The number of anilines is 2. The van der Waals surface area contributed by atoms with Crippen molar-refractivity contribution in [1.82, 2.24) is 39.5 Å². The maximum atomic E-state index is 15.7. The third kappa shape index (κ3) is 8.45. The number of aromatic nitrogens is 8. The van der Waals surface area contributed by atoms with E-state index in [1.807, 2.05) is 121 Å². The normalized spacial score (nSPS) is 14.1. The summed E-state index contributed by atoms with van der Waals surface area (Å²) in [6, 6.07) is 15.0. The smallest absolute Gasteiger partial charge is 0.162 e. The SMILES string of the molecule is C#CC(C)(C)N.Cc1c(-c2cccc3c(C#CC(C)(C)N)c[nH]c23)c(F)cc2c1-n1c(C)nnc1C(C)(C)N2.Cc1c(-c2cccc3c(I)c[nH]c23)c(F)cc2c1-n1c(C)nnc1C(C)(C)N2. The Labute approximate surface area is 403 Å². The van der Waals surface area contributed by atoms with Gasteiger partial charge in [-0.1, -0.05) is 54.2 Å². The molecule has 0 saturated heterocycles. The highest BCUT2D eigenvalue weighted by molar-refractivity contribution is 14.1. The molecule has 6 heterocycles. The Hall–Kier alpha value is -6.53. The lowest BCUT2D eigenvalue weighted by Crippen LogP contribution is -2.36. The van der Waals surface area contributed by atoms with Crippen molar-refractivity contribution < 1.29 is 8.78 Å². The molecule has 0 spiro atoms. The van der Waals surface area contributed by atoms with Crippen molar-refractivity contribution in [2.24, 2.45) is 11.5 Å². The predicted octanol–water partition coefficient (Wildman–Crippen LogP) is 10.7. The first kappa shape index (κ1) is 47.0. The molecule has 2 aliphatic heterocycles. The Morgan fingerprint density at radius 3 is 1.55 bits per heavy atom. The summed E-state index contributed by atoms with van der Waals surface area (Å²) in [5.74, 6) is 11.3. The minimum atomic E-state index is -0.600. The molecule has 4 aromatic carbocycles. The van der Waals surface area contributed by atoms with E-state index in [-0.39, 0.29) is 11.6 Å². The van der Waals surface area contributed by atoms with Crippen LogP contribution in [0.2, 0.25) is 0 Å². The summed E-state index contributed by atoms with van der Waals surface area (Å²) in [5, 5.41) is 26.2. The molecule has 8 aromatic rings. The van der Waals surface area contributed by atoms with E-state index >= 15 is 8.78 Å². The monoisotopic (exact) mass is 1010 g/mol. The first-order valence-electron chi connectivity index (χ1n) is 21.9. The Balaban J connectivity index is 0.000000164. The van der Waals surface area contributed by atoms with E-state index in [1.54, 1.807) is 26.0 Å². The zero-order valence-electron chi connectivity index (χ0n) is 39.8. The van der Waals surface area contributed by atoms with Crippen LogP contribution in [0.3, 0.4) is 0 Å².